The van der Waals surface area contributed by atoms with E-state index in [-0.39, 0.29) is 0 Å². The van der Waals surface area contributed by atoms with Crippen LogP contribution in [0, 0.1) is 0 Å². The van der Waals surface area contributed by atoms with Crippen LogP contribution in [0.4, 0.5) is 5.69 Å². The van der Waals surface area contributed by atoms with Crippen molar-refractivity contribution in [2.24, 2.45) is 0 Å². The third-order valence-electron chi connectivity index (χ3n) is 3.57. The van der Waals surface area contributed by atoms with Crippen molar-refractivity contribution in [3.63, 3.8) is 0 Å². The van der Waals surface area contributed by atoms with Crippen LogP contribution < -0.4 is 14.8 Å². The van der Waals surface area contributed by atoms with E-state index in [1.807, 2.05) is 35.1 Å². The van der Waals surface area contributed by atoms with Crippen LogP contribution >= 0.6 is 0 Å². The first-order valence-electron chi connectivity index (χ1n) is 7.17. The van der Waals surface area contributed by atoms with E-state index in [4.69, 9.17) is 9.47 Å². The highest BCUT2D eigenvalue weighted by Crippen LogP contribution is 2.29. The number of nitrogens with zero attached hydrogens (tertiary/aromatic N) is 2. The molecule has 0 aliphatic rings. The summed E-state index contributed by atoms with van der Waals surface area (Å²) >= 11 is 0. The third-order valence-corrected chi connectivity index (χ3v) is 3.57. The van der Waals surface area contributed by atoms with Gasteiger partial charge in [-0.05, 0) is 31.5 Å². The topological polar surface area (TPSA) is 48.3 Å². The molecule has 0 fully saturated rings. The Morgan fingerprint density at radius 2 is 2.05 bits per heavy atom. The van der Waals surface area contributed by atoms with E-state index >= 15 is 0 Å². The van der Waals surface area contributed by atoms with Crippen LogP contribution in [0.2, 0.25) is 0 Å². The van der Waals surface area contributed by atoms with Gasteiger partial charge in [0.25, 0.3) is 0 Å². The fourth-order valence-corrected chi connectivity index (χ4v) is 2.03. The summed E-state index contributed by atoms with van der Waals surface area (Å²) in [6, 6.07) is 8.18. The zero-order valence-electron chi connectivity index (χ0n) is 13.1. The Morgan fingerprint density at radius 1 is 1.24 bits per heavy atom. The van der Waals surface area contributed by atoms with Crippen molar-refractivity contribution in [3.8, 4) is 11.5 Å². The molecule has 2 aromatic rings. The Balaban J connectivity index is 2.04. The highest BCUT2D eigenvalue weighted by molar-refractivity contribution is 5.59. The summed E-state index contributed by atoms with van der Waals surface area (Å²) in [6.07, 6.45) is 3.09. The maximum Gasteiger partial charge on any atom is 0.145 e. The van der Waals surface area contributed by atoms with Crippen LogP contribution in [-0.2, 0) is 6.54 Å². The standard InChI is InChI=1S/C16H23N3O2/c1-5-12(2)19-9-8-13(18-19)11-17-15-7-6-14(20-3)10-16(15)21-4/h6-10,12,17H,5,11H2,1-4H3. The smallest absolute Gasteiger partial charge is 0.145 e. The molecule has 21 heavy (non-hydrogen) atoms. The van der Waals surface area contributed by atoms with E-state index in [0.717, 1.165) is 29.3 Å². The number of ether oxygens (including phenoxy) is 2. The molecule has 114 valence electrons. The second kappa shape index (κ2) is 7.02. The number of hydrogen-bond donors (Lipinski definition) is 1. The van der Waals surface area contributed by atoms with Crippen LogP contribution in [-0.4, -0.2) is 24.0 Å². The minimum absolute atomic E-state index is 0.425. The Morgan fingerprint density at radius 3 is 2.71 bits per heavy atom. The zero-order valence-corrected chi connectivity index (χ0v) is 13.1. The van der Waals surface area contributed by atoms with Crippen molar-refractivity contribution >= 4 is 5.69 Å². The van der Waals surface area contributed by atoms with Crippen molar-refractivity contribution in [2.75, 3.05) is 19.5 Å². The van der Waals surface area contributed by atoms with Crippen LogP contribution in [0.5, 0.6) is 11.5 Å². The summed E-state index contributed by atoms with van der Waals surface area (Å²) < 4.78 is 12.6. The number of anilines is 1. The first-order valence-corrected chi connectivity index (χ1v) is 7.17. The maximum absolute atomic E-state index is 5.37. The molecule has 1 aromatic heterocycles. The van der Waals surface area contributed by atoms with E-state index in [0.29, 0.717) is 12.6 Å². The number of aromatic nitrogens is 2. The van der Waals surface area contributed by atoms with Gasteiger partial charge >= 0.3 is 0 Å². The van der Waals surface area contributed by atoms with E-state index in [1.54, 1.807) is 14.2 Å². The first-order chi connectivity index (χ1) is 10.2. The molecule has 1 unspecified atom stereocenters. The summed E-state index contributed by atoms with van der Waals surface area (Å²) in [5, 5.41) is 7.92. The summed E-state index contributed by atoms with van der Waals surface area (Å²) in [4.78, 5) is 0. The highest BCUT2D eigenvalue weighted by atomic mass is 16.5. The van der Waals surface area contributed by atoms with Crippen LogP contribution in [0.15, 0.2) is 30.5 Å². The minimum atomic E-state index is 0.425. The number of rotatable bonds is 7. The van der Waals surface area contributed by atoms with Crippen molar-refractivity contribution in [1.29, 1.82) is 0 Å². The van der Waals surface area contributed by atoms with Gasteiger partial charge < -0.3 is 14.8 Å². The lowest BCUT2D eigenvalue weighted by Crippen LogP contribution is -2.07. The molecule has 1 heterocycles. The second-order valence-electron chi connectivity index (χ2n) is 4.96. The van der Waals surface area contributed by atoms with Gasteiger partial charge in [-0.2, -0.15) is 5.10 Å². The normalized spacial score (nSPS) is 12.0. The predicted molar refractivity (Wildman–Crippen MR) is 84.1 cm³/mol. The minimum Gasteiger partial charge on any atom is -0.497 e. The predicted octanol–water partition coefficient (Wildman–Crippen LogP) is 3.48. The zero-order chi connectivity index (χ0) is 15.2. The number of benzene rings is 1. The molecule has 1 aromatic carbocycles. The third kappa shape index (κ3) is 3.68. The van der Waals surface area contributed by atoms with Crippen molar-refractivity contribution in [1.82, 2.24) is 9.78 Å². The lowest BCUT2D eigenvalue weighted by atomic mass is 10.2. The SMILES string of the molecule is CCC(C)n1ccc(CNc2ccc(OC)cc2OC)n1. The maximum atomic E-state index is 5.37. The Bertz CT molecular complexity index is 581. The molecule has 0 radical (unpaired) electrons. The molecule has 0 bridgehead atoms. The molecule has 5 heteroatoms. The second-order valence-corrected chi connectivity index (χ2v) is 4.96. The van der Waals surface area contributed by atoms with Crippen LogP contribution in [0.3, 0.4) is 0 Å². The molecule has 0 aliphatic heterocycles. The number of hydrogen-bond acceptors (Lipinski definition) is 4. The van der Waals surface area contributed by atoms with Crippen molar-refractivity contribution in [3.05, 3.63) is 36.2 Å². The van der Waals surface area contributed by atoms with E-state index in [2.05, 4.69) is 24.3 Å². The molecule has 1 N–H and O–H groups in total. The average molecular weight is 289 g/mol. The molecular formula is C16H23N3O2. The molecule has 0 saturated heterocycles. The van der Waals surface area contributed by atoms with Crippen LogP contribution in [0.25, 0.3) is 0 Å². The van der Waals surface area contributed by atoms with Gasteiger partial charge in [-0.1, -0.05) is 6.92 Å². The van der Waals surface area contributed by atoms with Gasteiger partial charge in [0, 0.05) is 18.3 Å². The molecule has 5 nitrogen and oxygen atoms in total. The summed E-state index contributed by atoms with van der Waals surface area (Å²) in [5.41, 5.74) is 1.93. The number of nitrogens with one attached hydrogen (secondary N) is 1. The summed E-state index contributed by atoms with van der Waals surface area (Å²) in [7, 11) is 3.29. The van der Waals surface area contributed by atoms with Gasteiger partial charge in [0.15, 0.2) is 0 Å². The molecular weight excluding hydrogens is 266 g/mol. The van der Waals surface area contributed by atoms with Crippen LogP contribution in [0.1, 0.15) is 32.0 Å². The number of methoxy groups -OCH3 is 2. The molecule has 0 amide bonds. The van der Waals surface area contributed by atoms with Gasteiger partial charge in [0.1, 0.15) is 11.5 Å². The van der Waals surface area contributed by atoms with Crippen molar-refractivity contribution in [2.45, 2.75) is 32.9 Å². The highest BCUT2D eigenvalue weighted by Gasteiger charge is 2.07. The van der Waals surface area contributed by atoms with Gasteiger partial charge in [0.2, 0.25) is 0 Å². The molecule has 1 atom stereocenters. The van der Waals surface area contributed by atoms with Gasteiger partial charge in [-0.3, -0.25) is 4.68 Å². The quantitative estimate of drug-likeness (QED) is 0.847. The monoisotopic (exact) mass is 289 g/mol. The molecule has 0 aliphatic carbocycles. The Hall–Kier alpha value is -2.17. The van der Waals surface area contributed by atoms with E-state index in [9.17, 15) is 0 Å². The van der Waals surface area contributed by atoms with E-state index < -0.39 is 0 Å². The Kier molecular flexibility index (Phi) is 5.09. The fourth-order valence-electron chi connectivity index (χ4n) is 2.03. The molecule has 0 saturated carbocycles. The summed E-state index contributed by atoms with van der Waals surface area (Å²) in [6.45, 7) is 4.98. The molecule has 0 spiro atoms. The van der Waals surface area contributed by atoms with Crippen molar-refractivity contribution < 1.29 is 9.47 Å². The fraction of sp³-hybridized carbons (Fsp3) is 0.438. The first kappa shape index (κ1) is 15.2. The van der Waals surface area contributed by atoms with E-state index in [1.165, 1.54) is 0 Å². The summed E-state index contributed by atoms with van der Waals surface area (Å²) in [5.74, 6) is 1.54. The average Bonchev–Trinajstić information content (AvgIpc) is 3.00. The van der Waals surface area contributed by atoms with Gasteiger partial charge in [-0.15, -0.1) is 0 Å². The lowest BCUT2D eigenvalue weighted by molar-refractivity contribution is 0.395. The van der Waals surface area contributed by atoms with Gasteiger partial charge in [-0.25, -0.2) is 0 Å². The van der Waals surface area contributed by atoms with Gasteiger partial charge in [0.05, 0.1) is 32.1 Å². The molecule has 2 rings (SSSR count). The lowest BCUT2D eigenvalue weighted by Gasteiger charge is -2.12. The largest absolute Gasteiger partial charge is 0.497 e. The Labute approximate surface area is 125 Å².